The van der Waals surface area contributed by atoms with Crippen LogP contribution in [-0.4, -0.2) is 44.3 Å². The van der Waals surface area contributed by atoms with E-state index in [0.717, 1.165) is 43.9 Å². The Morgan fingerprint density at radius 1 is 1.37 bits per heavy atom. The number of nitrogens with two attached hydrogens (primary N) is 1. The maximum Gasteiger partial charge on any atom is 0.335 e. The molecule has 0 radical (unpaired) electrons. The molecular weight excluding hydrogens is 242 g/mol. The SMILES string of the molecule is CN1CCCN(CCCN)c2cc(C(=O)O)ccc21. The fraction of sp³-hybridized carbons (Fsp3) is 0.500. The molecule has 0 unspecified atom stereocenters. The van der Waals surface area contributed by atoms with Crippen molar-refractivity contribution in [3.05, 3.63) is 23.8 Å². The van der Waals surface area contributed by atoms with Gasteiger partial charge in [-0.15, -0.1) is 0 Å². The Balaban J connectivity index is 2.38. The van der Waals surface area contributed by atoms with Gasteiger partial charge in [-0.25, -0.2) is 4.79 Å². The fourth-order valence-electron chi connectivity index (χ4n) is 2.49. The second kappa shape index (κ2) is 5.93. The summed E-state index contributed by atoms with van der Waals surface area (Å²) in [6.45, 7) is 3.46. The van der Waals surface area contributed by atoms with Gasteiger partial charge in [0.05, 0.1) is 16.9 Å². The summed E-state index contributed by atoms with van der Waals surface area (Å²) in [5.74, 6) is -0.881. The number of carboxylic acid groups (broad SMARTS) is 1. The second-order valence-corrected chi connectivity index (χ2v) is 4.91. The molecule has 0 aliphatic carbocycles. The van der Waals surface area contributed by atoms with E-state index < -0.39 is 5.97 Å². The van der Waals surface area contributed by atoms with E-state index in [1.54, 1.807) is 12.1 Å². The Morgan fingerprint density at radius 3 is 2.84 bits per heavy atom. The Hall–Kier alpha value is -1.75. The van der Waals surface area contributed by atoms with Gasteiger partial charge in [-0.3, -0.25) is 0 Å². The van der Waals surface area contributed by atoms with Gasteiger partial charge in [-0.05, 0) is 37.6 Å². The molecule has 5 nitrogen and oxygen atoms in total. The van der Waals surface area contributed by atoms with E-state index >= 15 is 0 Å². The molecule has 104 valence electrons. The summed E-state index contributed by atoms with van der Waals surface area (Å²) in [7, 11) is 2.05. The molecular formula is C14H21N3O2. The van der Waals surface area contributed by atoms with Crippen LogP contribution in [-0.2, 0) is 0 Å². The van der Waals surface area contributed by atoms with Crippen molar-refractivity contribution in [2.75, 3.05) is 43.0 Å². The highest BCUT2D eigenvalue weighted by atomic mass is 16.4. The van der Waals surface area contributed by atoms with Crippen LogP contribution < -0.4 is 15.5 Å². The molecule has 5 heteroatoms. The topological polar surface area (TPSA) is 69.8 Å². The lowest BCUT2D eigenvalue weighted by atomic mass is 10.1. The fourth-order valence-corrected chi connectivity index (χ4v) is 2.49. The number of rotatable bonds is 4. The number of carbonyl (C=O) groups is 1. The summed E-state index contributed by atoms with van der Waals surface area (Å²) < 4.78 is 0. The van der Waals surface area contributed by atoms with Gasteiger partial charge in [0.25, 0.3) is 0 Å². The van der Waals surface area contributed by atoms with Crippen LogP contribution in [0.2, 0.25) is 0 Å². The molecule has 0 fully saturated rings. The number of hydrogen-bond acceptors (Lipinski definition) is 4. The number of benzene rings is 1. The van der Waals surface area contributed by atoms with Crippen molar-refractivity contribution in [2.24, 2.45) is 5.73 Å². The molecule has 0 saturated carbocycles. The monoisotopic (exact) mass is 263 g/mol. The molecule has 0 spiro atoms. The van der Waals surface area contributed by atoms with E-state index in [9.17, 15) is 4.79 Å². The lowest BCUT2D eigenvalue weighted by molar-refractivity contribution is 0.0697. The molecule has 0 aromatic heterocycles. The zero-order chi connectivity index (χ0) is 13.8. The van der Waals surface area contributed by atoms with Gasteiger partial charge >= 0.3 is 5.97 Å². The molecule has 0 saturated heterocycles. The highest BCUT2D eigenvalue weighted by Crippen LogP contribution is 2.32. The lowest BCUT2D eigenvalue weighted by Crippen LogP contribution is -2.27. The van der Waals surface area contributed by atoms with Crippen LogP contribution >= 0.6 is 0 Å². The number of aromatic carboxylic acids is 1. The molecule has 19 heavy (non-hydrogen) atoms. The zero-order valence-electron chi connectivity index (χ0n) is 11.3. The third kappa shape index (κ3) is 2.98. The summed E-state index contributed by atoms with van der Waals surface area (Å²) in [5.41, 5.74) is 8.02. The minimum absolute atomic E-state index is 0.340. The maximum absolute atomic E-state index is 11.1. The quantitative estimate of drug-likeness (QED) is 0.859. The maximum atomic E-state index is 11.1. The van der Waals surface area contributed by atoms with Crippen LogP contribution in [0, 0.1) is 0 Å². The Bertz CT molecular complexity index is 462. The van der Waals surface area contributed by atoms with Crippen LogP contribution in [0.25, 0.3) is 0 Å². The predicted molar refractivity (Wildman–Crippen MR) is 77.2 cm³/mol. The van der Waals surface area contributed by atoms with Crippen LogP contribution in [0.1, 0.15) is 23.2 Å². The average molecular weight is 263 g/mol. The summed E-state index contributed by atoms with van der Waals surface area (Å²) in [5, 5.41) is 9.13. The van der Waals surface area contributed by atoms with Gasteiger partial charge in [0, 0.05) is 26.7 Å². The summed E-state index contributed by atoms with van der Waals surface area (Å²) in [4.78, 5) is 15.6. The third-order valence-corrected chi connectivity index (χ3v) is 3.53. The Kier molecular flexibility index (Phi) is 4.27. The molecule has 0 atom stereocenters. The predicted octanol–water partition coefficient (Wildman–Crippen LogP) is 1.38. The van der Waals surface area contributed by atoms with Crippen molar-refractivity contribution in [3.63, 3.8) is 0 Å². The number of carboxylic acids is 1. The van der Waals surface area contributed by atoms with Crippen LogP contribution in [0.3, 0.4) is 0 Å². The van der Waals surface area contributed by atoms with Gasteiger partial charge in [-0.1, -0.05) is 0 Å². The highest BCUT2D eigenvalue weighted by Gasteiger charge is 2.19. The minimum atomic E-state index is -0.881. The van der Waals surface area contributed by atoms with Crippen molar-refractivity contribution >= 4 is 17.3 Å². The van der Waals surface area contributed by atoms with Crippen LogP contribution in [0.15, 0.2) is 18.2 Å². The number of fused-ring (bicyclic) bond motifs is 1. The Morgan fingerprint density at radius 2 is 2.16 bits per heavy atom. The van der Waals surface area contributed by atoms with Crippen molar-refractivity contribution in [3.8, 4) is 0 Å². The van der Waals surface area contributed by atoms with Crippen molar-refractivity contribution in [1.82, 2.24) is 0 Å². The minimum Gasteiger partial charge on any atom is -0.478 e. The van der Waals surface area contributed by atoms with Gasteiger partial charge in [0.1, 0.15) is 0 Å². The van der Waals surface area contributed by atoms with Crippen molar-refractivity contribution in [1.29, 1.82) is 0 Å². The number of hydrogen-bond donors (Lipinski definition) is 2. The first kappa shape index (κ1) is 13.7. The molecule has 1 heterocycles. The molecule has 1 aromatic carbocycles. The largest absolute Gasteiger partial charge is 0.478 e. The molecule has 1 aromatic rings. The first-order chi connectivity index (χ1) is 9.13. The summed E-state index contributed by atoms with van der Waals surface area (Å²) in [6.07, 6.45) is 1.98. The summed E-state index contributed by atoms with van der Waals surface area (Å²) >= 11 is 0. The first-order valence-corrected chi connectivity index (χ1v) is 6.67. The molecule has 2 rings (SSSR count). The van der Waals surface area contributed by atoms with E-state index in [1.165, 1.54) is 0 Å². The Labute approximate surface area is 113 Å². The van der Waals surface area contributed by atoms with Gasteiger partial charge in [0.15, 0.2) is 0 Å². The number of nitrogens with zero attached hydrogens (tertiary/aromatic N) is 2. The molecule has 1 aliphatic heterocycles. The van der Waals surface area contributed by atoms with Crippen molar-refractivity contribution in [2.45, 2.75) is 12.8 Å². The van der Waals surface area contributed by atoms with Crippen LogP contribution in [0.5, 0.6) is 0 Å². The first-order valence-electron chi connectivity index (χ1n) is 6.67. The van der Waals surface area contributed by atoms with Gasteiger partial charge in [-0.2, -0.15) is 0 Å². The van der Waals surface area contributed by atoms with E-state index in [2.05, 4.69) is 9.80 Å². The van der Waals surface area contributed by atoms with Crippen molar-refractivity contribution < 1.29 is 9.90 Å². The van der Waals surface area contributed by atoms with Gasteiger partial charge < -0.3 is 20.6 Å². The van der Waals surface area contributed by atoms with Crippen LogP contribution in [0.4, 0.5) is 11.4 Å². The third-order valence-electron chi connectivity index (χ3n) is 3.53. The smallest absolute Gasteiger partial charge is 0.335 e. The molecule has 0 bridgehead atoms. The van der Waals surface area contributed by atoms with E-state index in [1.807, 2.05) is 13.1 Å². The number of anilines is 2. The summed E-state index contributed by atoms with van der Waals surface area (Å²) in [6, 6.07) is 5.35. The van der Waals surface area contributed by atoms with Gasteiger partial charge in [0.2, 0.25) is 0 Å². The molecule has 1 aliphatic rings. The lowest BCUT2D eigenvalue weighted by Gasteiger charge is -2.26. The van der Waals surface area contributed by atoms with E-state index in [-0.39, 0.29) is 0 Å². The van der Waals surface area contributed by atoms with E-state index in [0.29, 0.717) is 12.1 Å². The second-order valence-electron chi connectivity index (χ2n) is 4.91. The average Bonchev–Trinajstić information content (AvgIpc) is 2.56. The molecule has 0 amide bonds. The normalized spacial score (nSPS) is 15.1. The molecule has 3 N–H and O–H groups in total. The zero-order valence-corrected chi connectivity index (χ0v) is 11.3. The van der Waals surface area contributed by atoms with E-state index in [4.69, 9.17) is 10.8 Å². The highest BCUT2D eigenvalue weighted by molar-refractivity contribution is 5.91. The standard InChI is InChI=1S/C14H21N3O2/c1-16-7-3-9-17(8-2-6-15)13-10-11(14(18)19)4-5-12(13)16/h4-5,10H,2-3,6-9,15H2,1H3,(H,18,19).